The largest absolute Gasteiger partial charge is 0.435 e. The normalized spacial score (nSPS) is 13.0. The minimum absolute atomic E-state index is 0.146. The molecule has 7 heteroatoms. The number of nitrogens with two attached hydrogens (primary N) is 1. The maximum atomic E-state index is 12.6. The highest BCUT2D eigenvalue weighted by Crippen LogP contribution is 2.20. The molecule has 0 amide bonds. The van der Waals surface area contributed by atoms with Crippen molar-refractivity contribution < 1.29 is 18.2 Å². The second kappa shape index (κ2) is 9.35. The van der Waals surface area contributed by atoms with E-state index >= 15 is 0 Å². The van der Waals surface area contributed by atoms with Crippen molar-refractivity contribution in [2.24, 2.45) is 0 Å². The molecule has 0 spiro atoms. The molecule has 0 bridgehead atoms. The number of hydrogen-bond acceptors (Lipinski definition) is 4. The molecule has 0 unspecified atom stereocenters. The number of hydrogen-bond donors (Lipinski definition) is 1. The highest BCUT2D eigenvalue weighted by Gasteiger charge is 2.22. The standard InChI is InChI=1S/C22H27N3O3S/c1-4-25(5-2)29(26,27)20-13-11-18(12-14-20)17(3)23-16-22-24-15-21(28-22)19-9-7-6-8-10-19/h6-15,17,23H,4-5,16H2,1-3H3/p+1/t17-/m1/s1. The van der Waals surface area contributed by atoms with Gasteiger partial charge in [-0.05, 0) is 19.1 Å². The van der Waals surface area contributed by atoms with E-state index < -0.39 is 10.0 Å². The average molecular weight is 415 g/mol. The molecular weight excluding hydrogens is 386 g/mol. The van der Waals surface area contributed by atoms with E-state index in [2.05, 4.69) is 17.2 Å². The summed E-state index contributed by atoms with van der Waals surface area (Å²) in [5.41, 5.74) is 2.06. The summed E-state index contributed by atoms with van der Waals surface area (Å²) in [4.78, 5) is 4.69. The first kappa shape index (κ1) is 21.2. The van der Waals surface area contributed by atoms with Crippen LogP contribution < -0.4 is 5.32 Å². The van der Waals surface area contributed by atoms with Crippen molar-refractivity contribution in [1.29, 1.82) is 0 Å². The third kappa shape index (κ3) is 4.93. The smallest absolute Gasteiger partial charge is 0.250 e. The van der Waals surface area contributed by atoms with Crippen LogP contribution in [0.1, 0.15) is 38.3 Å². The molecule has 0 aliphatic carbocycles. The van der Waals surface area contributed by atoms with Crippen LogP contribution in [0.2, 0.25) is 0 Å². The molecule has 0 fully saturated rings. The van der Waals surface area contributed by atoms with E-state index in [4.69, 9.17) is 4.42 Å². The summed E-state index contributed by atoms with van der Waals surface area (Å²) in [6.07, 6.45) is 1.75. The summed E-state index contributed by atoms with van der Waals surface area (Å²) in [6.45, 7) is 7.30. The molecule has 0 saturated heterocycles. The minimum Gasteiger partial charge on any atom is -0.435 e. The van der Waals surface area contributed by atoms with E-state index in [1.807, 2.05) is 56.3 Å². The first-order chi connectivity index (χ1) is 14.0. The van der Waals surface area contributed by atoms with Crippen molar-refractivity contribution in [3.05, 3.63) is 72.2 Å². The lowest BCUT2D eigenvalue weighted by molar-refractivity contribution is -0.709. The zero-order valence-corrected chi connectivity index (χ0v) is 17.9. The lowest BCUT2D eigenvalue weighted by Crippen LogP contribution is -2.83. The van der Waals surface area contributed by atoms with E-state index in [0.717, 1.165) is 16.9 Å². The van der Waals surface area contributed by atoms with Crippen molar-refractivity contribution in [2.75, 3.05) is 13.1 Å². The number of sulfonamides is 1. The Morgan fingerprint density at radius 2 is 1.69 bits per heavy atom. The van der Waals surface area contributed by atoms with Gasteiger partial charge in [-0.15, -0.1) is 0 Å². The van der Waals surface area contributed by atoms with Crippen LogP contribution in [0.5, 0.6) is 0 Å². The molecule has 1 heterocycles. The van der Waals surface area contributed by atoms with E-state index in [0.29, 0.717) is 30.4 Å². The molecule has 1 aromatic heterocycles. The molecule has 2 N–H and O–H groups in total. The van der Waals surface area contributed by atoms with E-state index in [1.165, 1.54) is 4.31 Å². The number of rotatable bonds is 9. The molecule has 29 heavy (non-hydrogen) atoms. The van der Waals surface area contributed by atoms with E-state index in [9.17, 15) is 8.42 Å². The van der Waals surface area contributed by atoms with Gasteiger partial charge in [-0.2, -0.15) is 4.31 Å². The summed E-state index contributed by atoms with van der Waals surface area (Å²) in [6, 6.07) is 17.2. The fraction of sp³-hybridized carbons (Fsp3) is 0.318. The van der Waals surface area contributed by atoms with Crippen LogP contribution in [0.4, 0.5) is 0 Å². The van der Waals surface area contributed by atoms with Gasteiger partial charge in [0.25, 0.3) is 5.89 Å². The van der Waals surface area contributed by atoms with Gasteiger partial charge in [0.15, 0.2) is 12.3 Å². The zero-order chi connectivity index (χ0) is 20.9. The van der Waals surface area contributed by atoms with Crippen molar-refractivity contribution in [3.63, 3.8) is 0 Å². The summed E-state index contributed by atoms with van der Waals surface area (Å²) < 4.78 is 32.5. The van der Waals surface area contributed by atoms with Gasteiger partial charge in [-0.1, -0.05) is 56.3 Å². The minimum atomic E-state index is -3.42. The number of benzene rings is 2. The van der Waals surface area contributed by atoms with Gasteiger partial charge in [-0.3, -0.25) is 0 Å². The number of quaternary nitrogens is 1. The van der Waals surface area contributed by atoms with Crippen molar-refractivity contribution in [3.8, 4) is 11.3 Å². The van der Waals surface area contributed by atoms with Gasteiger partial charge in [0.05, 0.1) is 11.1 Å². The van der Waals surface area contributed by atoms with Crippen molar-refractivity contribution in [1.82, 2.24) is 9.29 Å². The molecule has 3 aromatic rings. The predicted octanol–water partition coefficient (Wildman–Crippen LogP) is 3.20. The molecule has 0 saturated carbocycles. The monoisotopic (exact) mass is 414 g/mol. The summed E-state index contributed by atoms with van der Waals surface area (Å²) in [5, 5.41) is 2.12. The first-order valence-electron chi connectivity index (χ1n) is 9.89. The van der Waals surface area contributed by atoms with Crippen LogP contribution in [0.15, 0.2) is 70.1 Å². The Balaban J connectivity index is 1.63. The molecule has 1 atom stereocenters. The Labute approximate surface area is 172 Å². The summed E-state index contributed by atoms with van der Waals surface area (Å²) in [5.74, 6) is 1.42. The van der Waals surface area contributed by atoms with Crippen molar-refractivity contribution >= 4 is 10.0 Å². The Morgan fingerprint density at radius 3 is 2.31 bits per heavy atom. The molecule has 0 aliphatic heterocycles. The van der Waals surface area contributed by atoms with Gasteiger partial charge < -0.3 is 9.73 Å². The van der Waals surface area contributed by atoms with Crippen LogP contribution in [0.3, 0.4) is 0 Å². The van der Waals surface area contributed by atoms with Crippen LogP contribution in [0.25, 0.3) is 11.3 Å². The summed E-state index contributed by atoms with van der Waals surface area (Å²) >= 11 is 0. The van der Waals surface area contributed by atoms with Crippen LogP contribution in [-0.4, -0.2) is 30.8 Å². The fourth-order valence-corrected chi connectivity index (χ4v) is 4.67. The average Bonchev–Trinajstić information content (AvgIpc) is 3.22. The Hall–Kier alpha value is -2.48. The van der Waals surface area contributed by atoms with Crippen molar-refractivity contribution in [2.45, 2.75) is 38.3 Å². The second-order valence-electron chi connectivity index (χ2n) is 6.87. The molecule has 2 aromatic carbocycles. The maximum Gasteiger partial charge on any atom is 0.250 e. The molecule has 3 rings (SSSR count). The Kier molecular flexibility index (Phi) is 6.84. The third-order valence-electron chi connectivity index (χ3n) is 5.01. The van der Waals surface area contributed by atoms with Gasteiger partial charge >= 0.3 is 0 Å². The predicted molar refractivity (Wildman–Crippen MR) is 113 cm³/mol. The molecule has 154 valence electrons. The molecule has 6 nitrogen and oxygen atoms in total. The first-order valence-corrected chi connectivity index (χ1v) is 11.3. The maximum absolute atomic E-state index is 12.6. The van der Waals surface area contributed by atoms with Gasteiger partial charge in [0.2, 0.25) is 10.0 Å². The number of aromatic nitrogens is 1. The van der Waals surface area contributed by atoms with E-state index in [-0.39, 0.29) is 6.04 Å². The van der Waals surface area contributed by atoms with Gasteiger partial charge in [-0.25, -0.2) is 13.4 Å². The SMILES string of the molecule is CCN(CC)S(=O)(=O)c1ccc([C@@H](C)[NH2+]Cc2ncc(-c3ccccc3)o2)cc1. The summed E-state index contributed by atoms with van der Waals surface area (Å²) in [7, 11) is -3.42. The fourth-order valence-electron chi connectivity index (χ4n) is 3.21. The van der Waals surface area contributed by atoms with Gasteiger partial charge in [0, 0.05) is 24.2 Å². The van der Waals surface area contributed by atoms with Gasteiger partial charge in [0.1, 0.15) is 6.04 Å². The highest BCUT2D eigenvalue weighted by molar-refractivity contribution is 7.89. The Morgan fingerprint density at radius 1 is 1.03 bits per heavy atom. The molecular formula is C22H28N3O3S+. The van der Waals surface area contributed by atoms with E-state index in [1.54, 1.807) is 18.3 Å². The van der Waals surface area contributed by atoms with Crippen LogP contribution >= 0.6 is 0 Å². The zero-order valence-electron chi connectivity index (χ0n) is 17.1. The lowest BCUT2D eigenvalue weighted by atomic mass is 10.1. The molecule has 0 aliphatic rings. The second-order valence-corrected chi connectivity index (χ2v) is 8.81. The van der Waals surface area contributed by atoms with Crippen LogP contribution in [0, 0.1) is 0 Å². The molecule has 0 radical (unpaired) electrons. The lowest BCUT2D eigenvalue weighted by Gasteiger charge is -2.18. The topological polar surface area (TPSA) is 80.0 Å². The highest BCUT2D eigenvalue weighted by atomic mass is 32.2. The quantitative estimate of drug-likeness (QED) is 0.583. The Bertz CT molecular complexity index is 1010. The third-order valence-corrected chi connectivity index (χ3v) is 7.07. The van der Waals surface area contributed by atoms with Crippen LogP contribution in [-0.2, 0) is 16.6 Å². The number of oxazole rings is 1. The number of nitrogens with zero attached hydrogens (tertiary/aromatic N) is 2.